The van der Waals surface area contributed by atoms with E-state index in [9.17, 15) is 8.78 Å². The molecular weight excluding hydrogens is 284 g/mol. The number of hydrogen-bond donors (Lipinski definition) is 0. The lowest BCUT2D eigenvalue weighted by Gasteiger charge is -2.32. The molecule has 0 spiro atoms. The van der Waals surface area contributed by atoms with Crippen molar-refractivity contribution in [1.82, 2.24) is 14.5 Å². The van der Waals surface area contributed by atoms with Crippen molar-refractivity contribution in [3.05, 3.63) is 40.6 Å². The first kappa shape index (κ1) is 13.7. The van der Waals surface area contributed by atoms with Crippen LogP contribution in [0.25, 0.3) is 0 Å². The third kappa shape index (κ3) is 2.89. The molecule has 0 aliphatic carbocycles. The van der Waals surface area contributed by atoms with Gasteiger partial charge in [0.1, 0.15) is 5.82 Å². The van der Waals surface area contributed by atoms with Crippen LogP contribution in [-0.4, -0.2) is 34.1 Å². The SMILES string of the molecule is FC(F)n1ccnc1CN1CCO[C@@H](c2ccsc2)C1. The van der Waals surface area contributed by atoms with Gasteiger partial charge in [0.25, 0.3) is 0 Å². The van der Waals surface area contributed by atoms with Gasteiger partial charge in [-0.3, -0.25) is 9.47 Å². The average Bonchev–Trinajstić information content (AvgIpc) is 3.10. The number of ether oxygens (including phenoxy) is 1. The molecule has 2 aromatic heterocycles. The summed E-state index contributed by atoms with van der Waals surface area (Å²) in [4.78, 5) is 6.13. The van der Waals surface area contributed by atoms with Crippen molar-refractivity contribution < 1.29 is 13.5 Å². The third-order valence-corrected chi connectivity index (χ3v) is 4.09. The Bertz CT molecular complexity index is 544. The van der Waals surface area contributed by atoms with Crippen LogP contribution in [0.5, 0.6) is 0 Å². The van der Waals surface area contributed by atoms with Crippen molar-refractivity contribution in [2.45, 2.75) is 19.2 Å². The summed E-state index contributed by atoms with van der Waals surface area (Å²) in [5, 5.41) is 4.08. The largest absolute Gasteiger partial charge is 0.371 e. The van der Waals surface area contributed by atoms with E-state index >= 15 is 0 Å². The third-order valence-electron chi connectivity index (χ3n) is 3.39. The highest BCUT2D eigenvalue weighted by molar-refractivity contribution is 7.07. The number of morpholine rings is 1. The fraction of sp³-hybridized carbons (Fsp3) is 0.462. The van der Waals surface area contributed by atoms with Crippen molar-refractivity contribution in [3.63, 3.8) is 0 Å². The molecule has 0 N–H and O–H groups in total. The van der Waals surface area contributed by atoms with E-state index in [1.54, 1.807) is 11.3 Å². The van der Waals surface area contributed by atoms with Gasteiger partial charge in [0.2, 0.25) is 0 Å². The molecule has 0 amide bonds. The number of aromatic nitrogens is 2. The van der Waals surface area contributed by atoms with Crippen LogP contribution >= 0.6 is 11.3 Å². The molecule has 1 fully saturated rings. The van der Waals surface area contributed by atoms with Crippen LogP contribution in [0.2, 0.25) is 0 Å². The number of imidazole rings is 1. The van der Waals surface area contributed by atoms with Crippen molar-refractivity contribution in [2.24, 2.45) is 0 Å². The van der Waals surface area contributed by atoms with Gasteiger partial charge in [-0.15, -0.1) is 0 Å². The fourth-order valence-electron chi connectivity index (χ4n) is 2.35. The molecule has 1 aliphatic rings. The van der Waals surface area contributed by atoms with Crippen molar-refractivity contribution in [3.8, 4) is 0 Å². The minimum atomic E-state index is -2.54. The van der Waals surface area contributed by atoms with Crippen LogP contribution in [-0.2, 0) is 11.3 Å². The molecule has 1 saturated heterocycles. The molecule has 20 heavy (non-hydrogen) atoms. The summed E-state index contributed by atoms with van der Waals surface area (Å²) >= 11 is 1.63. The number of thiophene rings is 1. The highest BCUT2D eigenvalue weighted by Gasteiger charge is 2.24. The van der Waals surface area contributed by atoms with Gasteiger partial charge in [-0.05, 0) is 22.4 Å². The predicted octanol–water partition coefficient (Wildman–Crippen LogP) is 2.91. The van der Waals surface area contributed by atoms with Crippen molar-refractivity contribution >= 4 is 11.3 Å². The van der Waals surface area contributed by atoms with Gasteiger partial charge in [0, 0.05) is 25.5 Å². The molecule has 4 nitrogen and oxygen atoms in total. The van der Waals surface area contributed by atoms with E-state index in [4.69, 9.17) is 4.74 Å². The van der Waals surface area contributed by atoms with Crippen LogP contribution < -0.4 is 0 Å². The zero-order chi connectivity index (χ0) is 13.9. The standard InChI is InChI=1S/C13H15F2N3OS/c14-13(15)18-3-2-16-12(18)8-17-4-5-19-11(7-17)10-1-6-20-9-10/h1-3,6,9,11,13H,4-5,7-8H2/t11-/m1/s1. The summed E-state index contributed by atoms with van der Waals surface area (Å²) in [5.74, 6) is 0.394. The quantitative estimate of drug-likeness (QED) is 0.869. The summed E-state index contributed by atoms with van der Waals surface area (Å²) in [6.45, 7) is -0.0814. The van der Waals surface area contributed by atoms with Gasteiger partial charge < -0.3 is 4.74 Å². The summed E-state index contributed by atoms with van der Waals surface area (Å²) in [6, 6.07) is 2.04. The summed E-state index contributed by atoms with van der Waals surface area (Å²) in [7, 11) is 0. The van der Waals surface area contributed by atoms with Crippen molar-refractivity contribution in [2.75, 3.05) is 19.7 Å². The molecule has 7 heteroatoms. The maximum Gasteiger partial charge on any atom is 0.319 e. The second kappa shape index (κ2) is 5.99. The van der Waals surface area contributed by atoms with Gasteiger partial charge in [-0.25, -0.2) is 4.98 Å². The first-order chi connectivity index (χ1) is 9.74. The number of rotatable bonds is 4. The molecule has 108 valence electrons. The lowest BCUT2D eigenvalue weighted by atomic mass is 10.1. The Hall–Kier alpha value is -1.31. The zero-order valence-corrected chi connectivity index (χ0v) is 11.6. The molecule has 3 rings (SSSR count). The van der Waals surface area contributed by atoms with E-state index in [0.717, 1.165) is 16.7 Å². The monoisotopic (exact) mass is 299 g/mol. The second-order valence-electron chi connectivity index (χ2n) is 4.68. The topological polar surface area (TPSA) is 30.3 Å². The Labute approximate surface area is 119 Å². The Morgan fingerprint density at radius 2 is 2.40 bits per heavy atom. The molecule has 3 heterocycles. The van der Waals surface area contributed by atoms with Gasteiger partial charge in [-0.1, -0.05) is 0 Å². The first-order valence-electron chi connectivity index (χ1n) is 6.40. The van der Waals surface area contributed by atoms with Crippen molar-refractivity contribution in [1.29, 1.82) is 0 Å². The smallest absolute Gasteiger partial charge is 0.319 e. The maximum atomic E-state index is 12.8. The van der Waals surface area contributed by atoms with Gasteiger partial charge >= 0.3 is 6.55 Å². The molecule has 0 saturated carbocycles. The van der Waals surface area contributed by atoms with Gasteiger partial charge in [0.15, 0.2) is 0 Å². The molecule has 0 aromatic carbocycles. The number of hydrogen-bond acceptors (Lipinski definition) is 4. The van der Waals surface area contributed by atoms with Crippen LogP contribution in [0, 0.1) is 0 Å². The Morgan fingerprint density at radius 1 is 1.50 bits per heavy atom. The highest BCUT2D eigenvalue weighted by atomic mass is 32.1. The average molecular weight is 299 g/mol. The predicted molar refractivity (Wildman–Crippen MR) is 71.8 cm³/mol. The number of nitrogens with zero attached hydrogens (tertiary/aromatic N) is 3. The molecule has 0 unspecified atom stereocenters. The molecular formula is C13H15F2N3OS. The molecule has 0 bridgehead atoms. The minimum Gasteiger partial charge on any atom is -0.371 e. The molecule has 1 aliphatic heterocycles. The number of alkyl halides is 2. The van der Waals surface area contributed by atoms with E-state index in [0.29, 0.717) is 25.5 Å². The Morgan fingerprint density at radius 3 is 3.15 bits per heavy atom. The Balaban J connectivity index is 1.67. The van der Waals surface area contributed by atoms with Crippen LogP contribution in [0.3, 0.4) is 0 Å². The van der Waals surface area contributed by atoms with Crippen LogP contribution in [0.1, 0.15) is 24.0 Å². The summed E-state index contributed by atoms with van der Waals surface area (Å²) in [6.07, 6.45) is 2.75. The molecule has 2 aromatic rings. The fourth-order valence-corrected chi connectivity index (χ4v) is 3.05. The lowest BCUT2D eigenvalue weighted by Crippen LogP contribution is -2.38. The van der Waals surface area contributed by atoms with Crippen LogP contribution in [0.4, 0.5) is 8.78 Å². The normalized spacial score (nSPS) is 20.6. The van der Waals surface area contributed by atoms with E-state index in [1.165, 1.54) is 12.4 Å². The lowest BCUT2D eigenvalue weighted by molar-refractivity contribution is -0.0350. The van der Waals surface area contributed by atoms with E-state index in [2.05, 4.69) is 15.3 Å². The second-order valence-corrected chi connectivity index (χ2v) is 5.46. The Kier molecular flexibility index (Phi) is 4.09. The molecule has 0 radical (unpaired) electrons. The van der Waals surface area contributed by atoms with Crippen LogP contribution in [0.15, 0.2) is 29.2 Å². The van der Waals surface area contributed by atoms with E-state index in [-0.39, 0.29) is 6.10 Å². The highest BCUT2D eigenvalue weighted by Crippen LogP contribution is 2.25. The van der Waals surface area contributed by atoms with Gasteiger partial charge in [-0.2, -0.15) is 20.1 Å². The first-order valence-corrected chi connectivity index (χ1v) is 7.34. The minimum absolute atomic E-state index is 0.0185. The van der Waals surface area contributed by atoms with E-state index < -0.39 is 6.55 Å². The maximum absolute atomic E-state index is 12.8. The molecule has 1 atom stereocenters. The zero-order valence-electron chi connectivity index (χ0n) is 10.8. The summed E-state index contributed by atoms with van der Waals surface area (Å²) < 4.78 is 32.2. The summed E-state index contributed by atoms with van der Waals surface area (Å²) in [5.41, 5.74) is 1.15. The van der Waals surface area contributed by atoms with E-state index in [1.807, 2.05) is 11.4 Å². The number of halogens is 2. The van der Waals surface area contributed by atoms with Gasteiger partial charge in [0.05, 0.1) is 19.3 Å².